The summed E-state index contributed by atoms with van der Waals surface area (Å²) in [6, 6.07) is 6.66. The minimum atomic E-state index is -0.170. The molecule has 0 aliphatic carbocycles. The molecule has 0 aliphatic rings. The quantitative estimate of drug-likeness (QED) is 0.750. The Labute approximate surface area is 98.1 Å². The van der Waals surface area contributed by atoms with E-state index in [0.29, 0.717) is 5.41 Å². The Morgan fingerprint density at radius 3 is 2.31 bits per heavy atom. The van der Waals surface area contributed by atoms with Crippen LogP contribution < -0.4 is 5.32 Å². The number of benzene rings is 1. The van der Waals surface area contributed by atoms with Gasteiger partial charge >= 0.3 is 0 Å². The number of hydrogen-bond acceptors (Lipinski definition) is 1. The molecule has 0 heterocycles. The molecule has 1 aromatic rings. The van der Waals surface area contributed by atoms with Gasteiger partial charge in [-0.2, -0.15) is 0 Å². The van der Waals surface area contributed by atoms with Crippen molar-refractivity contribution in [2.45, 2.75) is 40.2 Å². The van der Waals surface area contributed by atoms with Gasteiger partial charge in [0.25, 0.3) is 0 Å². The van der Waals surface area contributed by atoms with Gasteiger partial charge in [-0.3, -0.25) is 0 Å². The largest absolute Gasteiger partial charge is 0.313 e. The molecule has 2 heteroatoms. The number of halogens is 1. The van der Waals surface area contributed by atoms with E-state index in [0.717, 1.165) is 18.7 Å². The minimum Gasteiger partial charge on any atom is -0.313 e. The van der Waals surface area contributed by atoms with Crippen molar-refractivity contribution in [1.29, 1.82) is 0 Å². The zero-order chi connectivity index (χ0) is 12.0. The van der Waals surface area contributed by atoms with E-state index in [9.17, 15) is 4.39 Å². The second-order valence-electron chi connectivity index (χ2n) is 5.47. The third-order valence-electron chi connectivity index (χ3n) is 2.52. The molecule has 90 valence electrons. The summed E-state index contributed by atoms with van der Waals surface area (Å²) in [5, 5.41) is 3.37. The summed E-state index contributed by atoms with van der Waals surface area (Å²) in [7, 11) is 0. The van der Waals surface area contributed by atoms with Gasteiger partial charge in [0, 0.05) is 6.54 Å². The van der Waals surface area contributed by atoms with Crippen molar-refractivity contribution < 1.29 is 4.39 Å². The Balaban J connectivity index is 2.14. The third kappa shape index (κ3) is 5.86. The first-order valence-electron chi connectivity index (χ1n) is 5.92. The van der Waals surface area contributed by atoms with Crippen LogP contribution in [-0.4, -0.2) is 6.54 Å². The molecule has 0 spiro atoms. The van der Waals surface area contributed by atoms with Crippen LogP contribution in [0.1, 0.15) is 39.2 Å². The second kappa shape index (κ2) is 6.00. The normalized spacial score (nSPS) is 11.8. The Morgan fingerprint density at radius 1 is 1.12 bits per heavy atom. The Morgan fingerprint density at radius 2 is 1.75 bits per heavy atom. The highest BCUT2D eigenvalue weighted by atomic mass is 19.1. The van der Waals surface area contributed by atoms with E-state index in [-0.39, 0.29) is 5.82 Å². The summed E-state index contributed by atoms with van der Waals surface area (Å²) in [6.07, 6.45) is 2.41. The molecule has 16 heavy (non-hydrogen) atoms. The zero-order valence-electron chi connectivity index (χ0n) is 10.5. The smallest absolute Gasteiger partial charge is 0.123 e. The minimum absolute atomic E-state index is 0.170. The first-order chi connectivity index (χ1) is 7.47. The maximum atomic E-state index is 12.6. The molecule has 1 rings (SSSR count). The van der Waals surface area contributed by atoms with Crippen LogP contribution in [0.3, 0.4) is 0 Å². The highest BCUT2D eigenvalue weighted by molar-refractivity contribution is 5.15. The van der Waals surface area contributed by atoms with Crippen molar-refractivity contribution in [2.24, 2.45) is 5.41 Å². The Bertz CT molecular complexity index is 298. The van der Waals surface area contributed by atoms with Gasteiger partial charge in [-0.25, -0.2) is 4.39 Å². The van der Waals surface area contributed by atoms with E-state index < -0.39 is 0 Å². The van der Waals surface area contributed by atoms with Gasteiger partial charge in [-0.05, 0) is 42.5 Å². The van der Waals surface area contributed by atoms with Crippen LogP contribution in [0.25, 0.3) is 0 Å². The average molecular weight is 223 g/mol. The summed E-state index contributed by atoms with van der Waals surface area (Å²) >= 11 is 0. The molecule has 0 aliphatic heterocycles. The fourth-order valence-electron chi connectivity index (χ4n) is 1.58. The van der Waals surface area contributed by atoms with Crippen LogP contribution in [0.15, 0.2) is 24.3 Å². The van der Waals surface area contributed by atoms with Crippen LogP contribution >= 0.6 is 0 Å². The Kier molecular flexibility index (Phi) is 4.94. The number of nitrogens with one attached hydrogen (secondary N) is 1. The van der Waals surface area contributed by atoms with E-state index in [2.05, 4.69) is 26.1 Å². The summed E-state index contributed by atoms with van der Waals surface area (Å²) in [5.74, 6) is -0.170. The van der Waals surface area contributed by atoms with E-state index in [4.69, 9.17) is 0 Å². The van der Waals surface area contributed by atoms with Crippen molar-refractivity contribution in [2.75, 3.05) is 6.54 Å². The van der Waals surface area contributed by atoms with Crippen molar-refractivity contribution >= 4 is 0 Å². The molecule has 0 saturated carbocycles. The van der Waals surface area contributed by atoms with E-state index in [1.165, 1.54) is 25.0 Å². The monoisotopic (exact) mass is 223 g/mol. The molecular formula is C14H22FN. The molecule has 0 aromatic heterocycles. The summed E-state index contributed by atoms with van der Waals surface area (Å²) in [5.41, 5.74) is 1.55. The van der Waals surface area contributed by atoms with Crippen molar-refractivity contribution in [3.05, 3.63) is 35.6 Å². The number of rotatable bonds is 5. The lowest BCUT2D eigenvalue weighted by Gasteiger charge is -2.17. The molecule has 1 aromatic carbocycles. The molecule has 0 fully saturated rings. The predicted octanol–water partition coefficient (Wildman–Crippen LogP) is 3.74. The summed E-state index contributed by atoms with van der Waals surface area (Å²) < 4.78 is 12.6. The van der Waals surface area contributed by atoms with Gasteiger partial charge in [0.2, 0.25) is 0 Å². The van der Waals surface area contributed by atoms with Crippen molar-refractivity contribution in [1.82, 2.24) is 5.32 Å². The third-order valence-corrected chi connectivity index (χ3v) is 2.52. The Hall–Kier alpha value is -0.890. The van der Waals surface area contributed by atoms with Crippen molar-refractivity contribution in [3.8, 4) is 0 Å². The first kappa shape index (κ1) is 13.2. The molecular weight excluding hydrogens is 201 g/mol. The fraction of sp³-hybridized carbons (Fsp3) is 0.571. The van der Waals surface area contributed by atoms with Gasteiger partial charge in [0.05, 0.1) is 0 Å². The van der Waals surface area contributed by atoms with Crippen LogP contribution in [0, 0.1) is 11.2 Å². The topological polar surface area (TPSA) is 12.0 Å². The molecule has 0 amide bonds. The van der Waals surface area contributed by atoms with Crippen LogP contribution in [-0.2, 0) is 6.54 Å². The maximum absolute atomic E-state index is 12.6. The van der Waals surface area contributed by atoms with Gasteiger partial charge in [0.1, 0.15) is 5.82 Å². The van der Waals surface area contributed by atoms with Crippen molar-refractivity contribution in [3.63, 3.8) is 0 Å². The molecule has 0 unspecified atom stereocenters. The lowest BCUT2D eigenvalue weighted by molar-refractivity contribution is 0.361. The SMILES string of the molecule is CC(C)(C)CCCNCc1ccc(F)cc1. The molecule has 1 N–H and O–H groups in total. The lowest BCUT2D eigenvalue weighted by atomic mass is 9.91. The van der Waals surface area contributed by atoms with E-state index in [1.54, 1.807) is 0 Å². The van der Waals surface area contributed by atoms with Crippen LogP contribution in [0.4, 0.5) is 4.39 Å². The van der Waals surface area contributed by atoms with E-state index in [1.807, 2.05) is 12.1 Å². The summed E-state index contributed by atoms with van der Waals surface area (Å²) in [6.45, 7) is 8.62. The van der Waals surface area contributed by atoms with Gasteiger partial charge in [-0.15, -0.1) is 0 Å². The number of hydrogen-bond donors (Lipinski definition) is 1. The van der Waals surface area contributed by atoms with Gasteiger partial charge in [0.15, 0.2) is 0 Å². The van der Waals surface area contributed by atoms with Gasteiger partial charge in [-0.1, -0.05) is 32.9 Å². The summed E-state index contributed by atoms with van der Waals surface area (Å²) in [4.78, 5) is 0. The molecule has 0 radical (unpaired) electrons. The maximum Gasteiger partial charge on any atom is 0.123 e. The first-order valence-corrected chi connectivity index (χ1v) is 5.92. The highest BCUT2D eigenvalue weighted by Gasteiger charge is 2.08. The molecule has 0 atom stereocenters. The molecule has 0 saturated heterocycles. The average Bonchev–Trinajstić information content (AvgIpc) is 2.19. The standard InChI is InChI=1S/C14H22FN/c1-14(2,3)9-4-10-16-11-12-5-7-13(15)8-6-12/h5-8,16H,4,9-11H2,1-3H3. The fourth-order valence-corrected chi connectivity index (χ4v) is 1.58. The second-order valence-corrected chi connectivity index (χ2v) is 5.47. The highest BCUT2D eigenvalue weighted by Crippen LogP contribution is 2.19. The molecule has 1 nitrogen and oxygen atoms in total. The predicted molar refractivity (Wildman–Crippen MR) is 66.8 cm³/mol. The zero-order valence-corrected chi connectivity index (χ0v) is 10.5. The lowest BCUT2D eigenvalue weighted by Crippen LogP contribution is -2.17. The van der Waals surface area contributed by atoms with Crippen LogP contribution in [0.5, 0.6) is 0 Å². The van der Waals surface area contributed by atoms with E-state index >= 15 is 0 Å². The molecule has 0 bridgehead atoms. The van der Waals surface area contributed by atoms with Gasteiger partial charge < -0.3 is 5.32 Å². The van der Waals surface area contributed by atoms with Crippen LogP contribution in [0.2, 0.25) is 0 Å².